The van der Waals surface area contributed by atoms with Gasteiger partial charge in [-0.15, -0.1) is 0 Å². The Kier molecular flexibility index (Phi) is 6.33. The van der Waals surface area contributed by atoms with Crippen molar-refractivity contribution in [3.8, 4) is 35.8 Å². The summed E-state index contributed by atoms with van der Waals surface area (Å²) in [5.41, 5.74) is 6.25. The van der Waals surface area contributed by atoms with Crippen LogP contribution < -0.4 is 5.19 Å². The van der Waals surface area contributed by atoms with Gasteiger partial charge in [0.2, 0.25) is 0 Å². The SMILES string of the molecule is Cc1cc(C#Cc2ccc(C#N)cc2)c2ccc3c([Si](C)(C)C)cc(C#Cc4ccc(C#N)cc4)c4ccc1c2c43. The Morgan fingerprint density at radius 2 is 0.902 bits per heavy atom. The van der Waals surface area contributed by atoms with E-state index in [-0.39, 0.29) is 0 Å². The molecule has 3 heteroatoms. The molecule has 0 aliphatic heterocycles. The van der Waals surface area contributed by atoms with Crippen LogP contribution in [0.15, 0.2) is 84.9 Å². The molecule has 6 aromatic rings. The van der Waals surface area contributed by atoms with E-state index < -0.39 is 8.07 Å². The van der Waals surface area contributed by atoms with Crippen LogP contribution in [0.4, 0.5) is 0 Å². The second-order valence-electron chi connectivity index (χ2n) is 11.4. The lowest BCUT2D eigenvalue weighted by Gasteiger charge is -2.23. The van der Waals surface area contributed by atoms with E-state index in [2.05, 4.69) is 98.8 Å². The van der Waals surface area contributed by atoms with E-state index in [1.54, 1.807) is 12.1 Å². The van der Waals surface area contributed by atoms with Crippen LogP contribution >= 0.6 is 0 Å². The normalized spacial score (nSPS) is 11.0. The van der Waals surface area contributed by atoms with Gasteiger partial charge in [-0.05, 0) is 105 Å². The largest absolute Gasteiger partial charge is 0.192 e. The van der Waals surface area contributed by atoms with Crippen molar-refractivity contribution in [2.45, 2.75) is 26.6 Å². The molecule has 2 nitrogen and oxygen atoms in total. The summed E-state index contributed by atoms with van der Waals surface area (Å²) in [7, 11) is -1.73. The van der Waals surface area contributed by atoms with Gasteiger partial charge >= 0.3 is 0 Å². The fraction of sp³-hybridized carbons (Fsp3) is 0.105. The Morgan fingerprint density at radius 3 is 1.39 bits per heavy atom. The second kappa shape index (κ2) is 10.0. The van der Waals surface area contributed by atoms with E-state index in [1.165, 1.54) is 32.3 Å². The standard InChI is InChI=1S/C38H26N2Si/c1-25-21-30(15-13-26-5-9-28(23-39)10-6-26)33-19-20-35-36(41(2,3)4)22-31(34-18-17-32(25)37(33)38(34)35)16-14-27-7-11-29(24-40)12-8-27/h5-12,17-22H,1-4H3. The van der Waals surface area contributed by atoms with Crippen molar-refractivity contribution in [3.63, 3.8) is 0 Å². The average molecular weight is 539 g/mol. The van der Waals surface area contributed by atoms with Gasteiger partial charge in [-0.3, -0.25) is 0 Å². The maximum Gasteiger partial charge on any atom is 0.0991 e. The first-order chi connectivity index (χ1) is 19.8. The lowest BCUT2D eigenvalue weighted by molar-refractivity contribution is 1.48. The van der Waals surface area contributed by atoms with Crippen molar-refractivity contribution in [2.75, 3.05) is 0 Å². The molecule has 6 rings (SSSR count). The zero-order valence-electron chi connectivity index (χ0n) is 23.5. The third-order valence-corrected chi connectivity index (χ3v) is 9.65. The van der Waals surface area contributed by atoms with E-state index >= 15 is 0 Å². The smallest absolute Gasteiger partial charge is 0.0991 e. The zero-order valence-corrected chi connectivity index (χ0v) is 24.5. The zero-order chi connectivity index (χ0) is 28.7. The molecule has 0 radical (unpaired) electrons. The van der Waals surface area contributed by atoms with E-state index in [0.29, 0.717) is 11.1 Å². The van der Waals surface area contributed by atoms with Crippen molar-refractivity contribution < 1.29 is 0 Å². The van der Waals surface area contributed by atoms with E-state index in [1.807, 2.05) is 36.4 Å². The first-order valence-electron chi connectivity index (χ1n) is 13.6. The Hall–Kier alpha value is -5.32. The van der Waals surface area contributed by atoms with Crippen LogP contribution in [-0.2, 0) is 0 Å². The Morgan fingerprint density at radius 1 is 0.488 bits per heavy atom. The molecule has 0 aliphatic rings. The van der Waals surface area contributed by atoms with Gasteiger partial charge in [-0.25, -0.2) is 0 Å². The molecule has 0 saturated heterocycles. The maximum absolute atomic E-state index is 9.15. The summed E-state index contributed by atoms with van der Waals surface area (Å²) in [4.78, 5) is 0. The average Bonchev–Trinajstić information content (AvgIpc) is 2.98. The van der Waals surface area contributed by atoms with Crippen molar-refractivity contribution in [2.24, 2.45) is 0 Å². The molecular formula is C38H26N2Si. The van der Waals surface area contributed by atoms with Gasteiger partial charge in [0.15, 0.2) is 0 Å². The summed E-state index contributed by atoms with van der Waals surface area (Å²) in [5, 5.41) is 27.0. The molecule has 0 bridgehead atoms. The van der Waals surface area contributed by atoms with Gasteiger partial charge < -0.3 is 0 Å². The van der Waals surface area contributed by atoms with Crippen molar-refractivity contribution in [1.82, 2.24) is 0 Å². The predicted octanol–water partition coefficient (Wildman–Crippen LogP) is 7.98. The molecule has 0 fully saturated rings. The molecule has 6 aromatic carbocycles. The summed E-state index contributed by atoms with van der Waals surface area (Å²) in [5.74, 6) is 13.6. The third-order valence-electron chi connectivity index (χ3n) is 7.62. The van der Waals surface area contributed by atoms with E-state index in [4.69, 9.17) is 10.5 Å². The monoisotopic (exact) mass is 538 g/mol. The number of hydrogen-bond acceptors (Lipinski definition) is 2. The minimum Gasteiger partial charge on any atom is -0.192 e. The van der Waals surface area contributed by atoms with Crippen molar-refractivity contribution >= 4 is 45.6 Å². The molecule has 0 heterocycles. The van der Waals surface area contributed by atoms with Crippen LogP contribution in [0.2, 0.25) is 19.6 Å². The number of benzene rings is 6. The number of hydrogen-bond donors (Lipinski definition) is 0. The first kappa shape index (κ1) is 25.9. The van der Waals surface area contributed by atoms with Crippen LogP contribution in [0, 0.1) is 53.3 Å². The highest BCUT2D eigenvalue weighted by Crippen LogP contribution is 2.38. The number of nitriles is 2. The van der Waals surface area contributed by atoms with Crippen LogP contribution in [-0.4, -0.2) is 8.07 Å². The quantitative estimate of drug-likeness (QED) is 0.121. The molecule has 0 amide bonds. The second-order valence-corrected chi connectivity index (χ2v) is 16.5. The molecule has 0 N–H and O–H groups in total. The predicted molar refractivity (Wildman–Crippen MR) is 172 cm³/mol. The highest BCUT2D eigenvalue weighted by Gasteiger charge is 2.23. The van der Waals surface area contributed by atoms with Gasteiger partial charge in [0.1, 0.15) is 0 Å². The van der Waals surface area contributed by atoms with Gasteiger partial charge in [0.05, 0.1) is 31.3 Å². The Bertz CT molecular complexity index is 2200. The van der Waals surface area contributed by atoms with E-state index in [9.17, 15) is 0 Å². The van der Waals surface area contributed by atoms with Crippen LogP contribution in [0.25, 0.3) is 32.3 Å². The van der Waals surface area contributed by atoms with Crippen molar-refractivity contribution in [3.05, 3.63) is 124 Å². The lowest BCUT2D eigenvalue weighted by atomic mass is 9.88. The van der Waals surface area contributed by atoms with Crippen LogP contribution in [0.3, 0.4) is 0 Å². The van der Waals surface area contributed by atoms with Gasteiger partial charge in [-0.2, -0.15) is 10.5 Å². The minimum absolute atomic E-state index is 0.630. The highest BCUT2D eigenvalue weighted by atomic mass is 28.3. The number of rotatable bonds is 1. The summed E-state index contributed by atoms with van der Waals surface area (Å²) in [6.07, 6.45) is 0. The first-order valence-corrected chi connectivity index (χ1v) is 17.1. The molecular weight excluding hydrogens is 513 g/mol. The molecule has 0 unspecified atom stereocenters. The van der Waals surface area contributed by atoms with Crippen molar-refractivity contribution in [1.29, 1.82) is 10.5 Å². The summed E-state index contributed by atoms with van der Waals surface area (Å²) in [6.45, 7) is 9.31. The van der Waals surface area contributed by atoms with Crippen LogP contribution in [0.5, 0.6) is 0 Å². The molecule has 0 saturated carbocycles. The third kappa shape index (κ3) is 4.71. The van der Waals surface area contributed by atoms with Gasteiger partial charge in [0, 0.05) is 22.3 Å². The molecule has 0 atom stereocenters. The topological polar surface area (TPSA) is 47.6 Å². The Balaban J connectivity index is 1.62. The maximum atomic E-state index is 9.15. The van der Waals surface area contributed by atoms with E-state index in [0.717, 1.165) is 33.0 Å². The molecule has 0 aromatic heterocycles. The van der Waals surface area contributed by atoms with Gasteiger partial charge in [0.25, 0.3) is 0 Å². The number of aryl methyl sites for hydroxylation is 1. The molecule has 41 heavy (non-hydrogen) atoms. The summed E-state index contributed by atoms with van der Waals surface area (Å²) in [6, 6.07) is 32.6. The molecule has 0 aliphatic carbocycles. The molecule has 0 spiro atoms. The highest BCUT2D eigenvalue weighted by molar-refractivity contribution is 6.90. The fourth-order valence-electron chi connectivity index (χ4n) is 5.53. The lowest BCUT2D eigenvalue weighted by Crippen LogP contribution is -2.38. The molecule has 192 valence electrons. The minimum atomic E-state index is -1.73. The Labute approximate surface area is 241 Å². The van der Waals surface area contributed by atoms with Gasteiger partial charge in [-0.1, -0.05) is 72.8 Å². The fourth-order valence-corrected chi connectivity index (χ4v) is 7.13. The summed E-state index contributed by atoms with van der Waals surface area (Å²) < 4.78 is 0. The summed E-state index contributed by atoms with van der Waals surface area (Å²) >= 11 is 0. The number of nitrogens with zero attached hydrogens (tertiary/aromatic N) is 2. The van der Waals surface area contributed by atoms with Crippen LogP contribution in [0.1, 0.15) is 38.9 Å².